The number of anilines is 1. The first kappa shape index (κ1) is 15.4. The van der Waals surface area contributed by atoms with Crippen molar-refractivity contribution < 1.29 is 14.7 Å². The molecule has 2 rings (SSSR count). The number of carbonyl (C=O) groups excluding carboxylic acids is 1. The highest BCUT2D eigenvalue weighted by Crippen LogP contribution is 2.09. The van der Waals surface area contributed by atoms with Crippen LogP contribution >= 0.6 is 0 Å². The van der Waals surface area contributed by atoms with E-state index in [1.165, 1.54) is 24.3 Å². The van der Waals surface area contributed by atoms with Gasteiger partial charge in [-0.3, -0.25) is 9.89 Å². The molecule has 0 radical (unpaired) electrons. The van der Waals surface area contributed by atoms with Crippen LogP contribution in [-0.2, 0) is 6.42 Å². The zero-order valence-electron chi connectivity index (χ0n) is 11.7. The van der Waals surface area contributed by atoms with Crippen molar-refractivity contribution in [1.82, 2.24) is 15.5 Å². The van der Waals surface area contributed by atoms with Crippen LogP contribution in [0, 0.1) is 0 Å². The molecular weight excluding hydrogens is 288 g/mol. The molecule has 0 aliphatic rings. The SMILES string of the molecule is O=C(NCCCc1c[nH][nH]c1=O)Nc1ccc(C(=O)O)cc1. The molecule has 8 heteroatoms. The van der Waals surface area contributed by atoms with Gasteiger partial charge in [0.15, 0.2) is 0 Å². The van der Waals surface area contributed by atoms with E-state index in [9.17, 15) is 14.4 Å². The molecule has 22 heavy (non-hydrogen) atoms. The van der Waals surface area contributed by atoms with Gasteiger partial charge < -0.3 is 20.8 Å². The standard InChI is InChI=1S/C14H16N4O4/c19-12-10(8-16-18-12)2-1-7-15-14(22)17-11-5-3-9(4-6-11)13(20)21/h3-6,8H,1-2,7H2,(H,20,21)(H2,15,17,22)(H2,16,18,19). The molecule has 0 fully saturated rings. The fraction of sp³-hybridized carbons (Fsp3) is 0.214. The Morgan fingerprint density at radius 3 is 2.50 bits per heavy atom. The van der Waals surface area contributed by atoms with Crippen molar-refractivity contribution in [2.24, 2.45) is 0 Å². The van der Waals surface area contributed by atoms with Crippen LogP contribution in [0.2, 0.25) is 0 Å². The number of carboxylic acids is 1. The Morgan fingerprint density at radius 1 is 1.18 bits per heavy atom. The lowest BCUT2D eigenvalue weighted by atomic mass is 10.2. The number of aromatic amines is 2. The number of aromatic carboxylic acids is 1. The minimum Gasteiger partial charge on any atom is -0.478 e. The first-order chi connectivity index (χ1) is 10.6. The van der Waals surface area contributed by atoms with Gasteiger partial charge in [0, 0.05) is 24.0 Å². The van der Waals surface area contributed by atoms with Crippen molar-refractivity contribution in [3.63, 3.8) is 0 Å². The molecule has 0 aliphatic heterocycles. The molecule has 0 atom stereocenters. The van der Waals surface area contributed by atoms with Crippen LogP contribution in [0.1, 0.15) is 22.3 Å². The van der Waals surface area contributed by atoms with Gasteiger partial charge in [0.05, 0.1) is 5.56 Å². The Morgan fingerprint density at radius 2 is 1.91 bits per heavy atom. The topological polar surface area (TPSA) is 127 Å². The van der Waals surface area contributed by atoms with Crippen molar-refractivity contribution in [2.45, 2.75) is 12.8 Å². The van der Waals surface area contributed by atoms with Gasteiger partial charge in [-0.05, 0) is 37.1 Å². The number of aryl methyl sites for hydroxylation is 1. The van der Waals surface area contributed by atoms with Crippen molar-refractivity contribution in [2.75, 3.05) is 11.9 Å². The second kappa shape index (κ2) is 7.11. The quantitative estimate of drug-likeness (QED) is 0.513. The summed E-state index contributed by atoms with van der Waals surface area (Å²) in [4.78, 5) is 33.6. The second-order valence-electron chi connectivity index (χ2n) is 4.63. The highest BCUT2D eigenvalue weighted by molar-refractivity contribution is 5.91. The second-order valence-corrected chi connectivity index (χ2v) is 4.63. The number of carbonyl (C=O) groups is 2. The Labute approximate surface area is 125 Å². The average Bonchev–Trinajstić information content (AvgIpc) is 2.89. The van der Waals surface area contributed by atoms with Crippen molar-refractivity contribution in [3.8, 4) is 0 Å². The maximum atomic E-state index is 11.6. The molecule has 1 heterocycles. The van der Waals surface area contributed by atoms with Gasteiger partial charge in [0.2, 0.25) is 0 Å². The molecule has 116 valence electrons. The zero-order chi connectivity index (χ0) is 15.9. The number of hydrogen-bond donors (Lipinski definition) is 5. The zero-order valence-corrected chi connectivity index (χ0v) is 11.7. The fourth-order valence-electron chi connectivity index (χ4n) is 1.87. The molecule has 0 saturated heterocycles. The molecule has 1 aromatic carbocycles. The van der Waals surface area contributed by atoms with E-state index in [0.29, 0.717) is 30.6 Å². The molecule has 1 aromatic heterocycles. The molecule has 2 aromatic rings. The predicted octanol–water partition coefficient (Wildman–Crippen LogP) is 1.16. The van der Waals surface area contributed by atoms with Gasteiger partial charge in [0.25, 0.3) is 5.56 Å². The summed E-state index contributed by atoms with van der Waals surface area (Å²) in [7, 11) is 0. The third kappa shape index (κ3) is 4.23. The number of benzene rings is 1. The summed E-state index contributed by atoms with van der Waals surface area (Å²) in [6.45, 7) is 0.420. The van der Waals surface area contributed by atoms with Crippen molar-refractivity contribution in [1.29, 1.82) is 0 Å². The van der Waals surface area contributed by atoms with Crippen LogP contribution in [0.5, 0.6) is 0 Å². The number of nitrogens with one attached hydrogen (secondary N) is 4. The molecular formula is C14H16N4O4. The largest absolute Gasteiger partial charge is 0.478 e. The van der Waals surface area contributed by atoms with Crippen LogP contribution in [-0.4, -0.2) is 33.8 Å². The van der Waals surface area contributed by atoms with Gasteiger partial charge >= 0.3 is 12.0 Å². The lowest BCUT2D eigenvalue weighted by Gasteiger charge is -2.07. The first-order valence-electron chi connectivity index (χ1n) is 6.69. The van der Waals surface area contributed by atoms with Crippen molar-refractivity contribution in [3.05, 3.63) is 51.9 Å². The number of urea groups is 1. The maximum absolute atomic E-state index is 11.6. The summed E-state index contributed by atoms with van der Waals surface area (Å²) in [5.74, 6) is -1.02. The van der Waals surface area contributed by atoms with Gasteiger partial charge in [-0.15, -0.1) is 0 Å². The molecule has 0 bridgehead atoms. The van der Waals surface area contributed by atoms with E-state index in [-0.39, 0.29) is 17.2 Å². The fourth-order valence-corrected chi connectivity index (χ4v) is 1.87. The normalized spacial score (nSPS) is 10.2. The van der Waals surface area contributed by atoms with E-state index in [4.69, 9.17) is 5.11 Å². The molecule has 0 aliphatic carbocycles. The predicted molar refractivity (Wildman–Crippen MR) is 80.2 cm³/mol. The third-order valence-corrected chi connectivity index (χ3v) is 3.02. The third-order valence-electron chi connectivity index (χ3n) is 3.02. The Hall–Kier alpha value is -3.03. The summed E-state index contributed by atoms with van der Waals surface area (Å²) in [5.41, 5.74) is 1.15. The molecule has 8 nitrogen and oxygen atoms in total. The number of H-pyrrole nitrogens is 2. The molecule has 5 N–H and O–H groups in total. The highest BCUT2D eigenvalue weighted by atomic mass is 16.4. The van der Waals surface area contributed by atoms with E-state index < -0.39 is 5.97 Å². The van der Waals surface area contributed by atoms with E-state index in [1.54, 1.807) is 6.20 Å². The highest BCUT2D eigenvalue weighted by Gasteiger charge is 2.05. The lowest BCUT2D eigenvalue weighted by Crippen LogP contribution is -2.29. The van der Waals surface area contributed by atoms with Crippen molar-refractivity contribution >= 4 is 17.7 Å². The average molecular weight is 304 g/mol. The summed E-state index contributed by atoms with van der Waals surface area (Å²) in [5, 5.41) is 19.1. The van der Waals surface area contributed by atoms with Gasteiger partial charge in [-0.2, -0.15) is 0 Å². The molecule has 2 amide bonds. The number of hydrogen-bond acceptors (Lipinski definition) is 3. The number of aromatic nitrogens is 2. The summed E-state index contributed by atoms with van der Waals surface area (Å²) in [6, 6.07) is 5.47. The number of carboxylic acid groups (broad SMARTS) is 1. The van der Waals surface area contributed by atoms with E-state index >= 15 is 0 Å². The van der Waals surface area contributed by atoms with Crippen LogP contribution in [0.25, 0.3) is 0 Å². The monoisotopic (exact) mass is 304 g/mol. The Kier molecular flexibility index (Phi) is 4.97. The smallest absolute Gasteiger partial charge is 0.335 e. The maximum Gasteiger partial charge on any atom is 0.335 e. The number of rotatable bonds is 6. The van der Waals surface area contributed by atoms with Crippen LogP contribution in [0.3, 0.4) is 0 Å². The van der Waals surface area contributed by atoms with E-state index in [1.807, 2.05) is 0 Å². The summed E-state index contributed by atoms with van der Waals surface area (Å²) >= 11 is 0. The first-order valence-corrected chi connectivity index (χ1v) is 6.69. The Balaban J connectivity index is 1.72. The Bertz CT molecular complexity index is 702. The summed E-state index contributed by atoms with van der Waals surface area (Å²) in [6.07, 6.45) is 2.80. The number of amides is 2. The molecule has 0 spiro atoms. The van der Waals surface area contributed by atoms with Gasteiger partial charge in [-0.25, -0.2) is 9.59 Å². The van der Waals surface area contributed by atoms with E-state index in [2.05, 4.69) is 20.8 Å². The van der Waals surface area contributed by atoms with Crippen LogP contribution < -0.4 is 16.2 Å². The molecule has 0 unspecified atom stereocenters. The van der Waals surface area contributed by atoms with E-state index in [0.717, 1.165) is 0 Å². The van der Waals surface area contributed by atoms with Gasteiger partial charge in [-0.1, -0.05) is 0 Å². The van der Waals surface area contributed by atoms with Gasteiger partial charge in [0.1, 0.15) is 0 Å². The minimum absolute atomic E-state index is 0.150. The summed E-state index contributed by atoms with van der Waals surface area (Å²) < 4.78 is 0. The lowest BCUT2D eigenvalue weighted by molar-refractivity contribution is 0.0697. The minimum atomic E-state index is -1.02. The van der Waals surface area contributed by atoms with Crippen LogP contribution in [0.4, 0.5) is 10.5 Å². The van der Waals surface area contributed by atoms with Crippen LogP contribution in [0.15, 0.2) is 35.3 Å². The molecule has 0 saturated carbocycles.